The predicted octanol–water partition coefficient (Wildman–Crippen LogP) is 0.352. The van der Waals surface area contributed by atoms with Crippen LogP contribution in [0, 0.1) is 11.3 Å². The van der Waals surface area contributed by atoms with Gasteiger partial charge in [0.25, 0.3) is 5.56 Å². The quantitative estimate of drug-likeness (QED) is 0.800. The van der Waals surface area contributed by atoms with Crippen LogP contribution >= 0.6 is 0 Å². The van der Waals surface area contributed by atoms with Gasteiger partial charge in [-0.15, -0.1) is 0 Å². The fraction of sp³-hybridized carbons (Fsp3) is 0.278. The molecule has 1 aromatic heterocycles. The van der Waals surface area contributed by atoms with Crippen molar-refractivity contribution in [1.82, 2.24) is 9.13 Å². The number of nitrogens with two attached hydrogens (primary N) is 1. The number of hydrogen-bond donors (Lipinski definition) is 2. The molecule has 1 aromatic carbocycles. The molecule has 9 heteroatoms. The third-order valence-corrected chi connectivity index (χ3v) is 4.69. The van der Waals surface area contributed by atoms with Gasteiger partial charge in [0.2, 0.25) is 0 Å². The summed E-state index contributed by atoms with van der Waals surface area (Å²) in [7, 11) is 5.92. The molecular weight excluding hydrogens is 350 g/mol. The fourth-order valence-corrected chi connectivity index (χ4v) is 3.28. The monoisotopic (exact) mass is 369 g/mol. The first-order chi connectivity index (χ1) is 12.8. The zero-order valence-electron chi connectivity index (χ0n) is 15.4. The van der Waals surface area contributed by atoms with Gasteiger partial charge in [-0.2, -0.15) is 5.26 Å². The van der Waals surface area contributed by atoms with E-state index in [0.717, 1.165) is 4.57 Å². The SMILES string of the molecule is COc1ccc(OC)c([C@@H]2C(C#N)=C(N)Nc3c2c(=O)n(C)c(=O)n3C)c1. The van der Waals surface area contributed by atoms with Crippen molar-refractivity contribution in [2.75, 3.05) is 19.5 Å². The minimum atomic E-state index is -0.818. The molecule has 0 amide bonds. The van der Waals surface area contributed by atoms with Gasteiger partial charge in [-0.3, -0.25) is 13.9 Å². The average molecular weight is 369 g/mol. The van der Waals surface area contributed by atoms with Crippen molar-refractivity contribution in [2.24, 2.45) is 19.8 Å². The molecule has 1 aliphatic heterocycles. The Kier molecular flexibility index (Phi) is 4.41. The zero-order chi connectivity index (χ0) is 19.9. The minimum Gasteiger partial charge on any atom is -0.497 e. The van der Waals surface area contributed by atoms with E-state index in [4.69, 9.17) is 15.2 Å². The number of anilines is 1. The lowest BCUT2D eigenvalue weighted by atomic mass is 9.83. The second-order valence-corrected chi connectivity index (χ2v) is 6.07. The third-order valence-electron chi connectivity index (χ3n) is 4.69. The maximum Gasteiger partial charge on any atom is 0.332 e. The first kappa shape index (κ1) is 18.1. The Morgan fingerprint density at radius 2 is 1.89 bits per heavy atom. The molecule has 0 unspecified atom stereocenters. The number of allylic oxidation sites excluding steroid dienone is 1. The van der Waals surface area contributed by atoms with Crippen molar-refractivity contribution in [3.05, 3.63) is 61.6 Å². The summed E-state index contributed by atoms with van der Waals surface area (Å²) in [5, 5.41) is 12.5. The molecule has 27 heavy (non-hydrogen) atoms. The Hall–Kier alpha value is -3.67. The molecule has 0 saturated heterocycles. The molecule has 1 atom stereocenters. The summed E-state index contributed by atoms with van der Waals surface area (Å²) in [4.78, 5) is 25.3. The highest BCUT2D eigenvalue weighted by atomic mass is 16.5. The molecule has 1 aliphatic rings. The third kappa shape index (κ3) is 2.62. The summed E-state index contributed by atoms with van der Waals surface area (Å²) in [6.07, 6.45) is 0. The standard InChI is InChI=1S/C18H19N5O4/c1-22-16-14(17(24)23(2)18(22)25)13(11(8-19)15(20)21-16)10-7-9(26-3)5-6-12(10)27-4/h5-7,13,21H,20H2,1-4H3/t13-/m1/s1. The Balaban J connectivity index is 2.46. The molecular formula is C18H19N5O4. The largest absolute Gasteiger partial charge is 0.497 e. The van der Waals surface area contributed by atoms with Crippen molar-refractivity contribution in [3.8, 4) is 17.6 Å². The van der Waals surface area contributed by atoms with Gasteiger partial charge in [0.05, 0.1) is 37.3 Å². The second kappa shape index (κ2) is 6.57. The van der Waals surface area contributed by atoms with Crippen LogP contribution in [0.2, 0.25) is 0 Å². The second-order valence-electron chi connectivity index (χ2n) is 6.07. The van der Waals surface area contributed by atoms with Crippen molar-refractivity contribution >= 4 is 5.82 Å². The van der Waals surface area contributed by atoms with E-state index in [-0.39, 0.29) is 22.8 Å². The Morgan fingerprint density at radius 3 is 2.48 bits per heavy atom. The number of nitrogens with zero attached hydrogens (tertiary/aromatic N) is 3. The van der Waals surface area contributed by atoms with Gasteiger partial charge < -0.3 is 20.5 Å². The van der Waals surface area contributed by atoms with Crippen molar-refractivity contribution in [2.45, 2.75) is 5.92 Å². The molecule has 0 fully saturated rings. The van der Waals surface area contributed by atoms with Crippen LogP contribution in [0.1, 0.15) is 17.0 Å². The normalized spacial score (nSPS) is 15.6. The van der Waals surface area contributed by atoms with Crippen LogP contribution in [0.5, 0.6) is 11.5 Å². The number of nitriles is 1. The summed E-state index contributed by atoms with van der Waals surface area (Å²) in [5.74, 6) is 0.493. The summed E-state index contributed by atoms with van der Waals surface area (Å²) < 4.78 is 13.0. The average Bonchev–Trinajstić information content (AvgIpc) is 2.69. The number of methoxy groups -OCH3 is 2. The summed E-state index contributed by atoms with van der Waals surface area (Å²) in [6.45, 7) is 0. The number of nitrogens with one attached hydrogen (secondary N) is 1. The van der Waals surface area contributed by atoms with Gasteiger partial charge in [0.1, 0.15) is 23.1 Å². The van der Waals surface area contributed by atoms with Gasteiger partial charge in [0.15, 0.2) is 0 Å². The van der Waals surface area contributed by atoms with Crippen LogP contribution < -0.4 is 31.8 Å². The van der Waals surface area contributed by atoms with Crippen LogP contribution in [0.15, 0.2) is 39.2 Å². The highest BCUT2D eigenvalue weighted by Gasteiger charge is 2.36. The topological polar surface area (TPSA) is 124 Å². The minimum absolute atomic E-state index is 0.0723. The maximum absolute atomic E-state index is 13.0. The first-order valence-electron chi connectivity index (χ1n) is 8.04. The van der Waals surface area contributed by atoms with Gasteiger partial charge in [-0.1, -0.05) is 0 Å². The van der Waals surface area contributed by atoms with E-state index < -0.39 is 17.2 Å². The molecule has 140 valence electrons. The lowest BCUT2D eigenvalue weighted by molar-refractivity contribution is 0.398. The van der Waals surface area contributed by atoms with E-state index in [9.17, 15) is 14.9 Å². The molecule has 0 aliphatic carbocycles. The van der Waals surface area contributed by atoms with E-state index in [0.29, 0.717) is 17.1 Å². The van der Waals surface area contributed by atoms with E-state index in [1.807, 2.05) is 0 Å². The summed E-state index contributed by atoms with van der Waals surface area (Å²) in [6, 6.07) is 7.16. The molecule has 0 bridgehead atoms. The van der Waals surface area contributed by atoms with Gasteiger partial charge >= 0.3 is 5.69 Å². The fourth-order valence-electron chi connectivity index (χ4n) is 3.28. The number of aromatic nitrogens is 2. The number of rotatable bonds is 3. The number of benzene rings is 1. The molecule has 2 aromatic rings. The molecule has 2 heterocycles. The molecule has 0 radical (unpaired) electrons. The van der Waals surface area contributed by atoms with E-state index in [1.165, 1.54) is 32.9 Å². The molecule has 0 saturated carbocycles. The zero-order valence-corrected chi connectivity index (χ0v) is 15.4. The molecule has 3 N–H and O–H groups in total. The van der Waals surface area contributed by atoms with E-state index in [2.05, 4.69) is 11.4 Å². The summed E-state index contributed by atoms with van der Waals surface area (Å²) in [5.41, 5.74) is 5.96. The van der Waals surface area contributed by atoms with Gasteiger partial charge in [0, 0.05) is 19.7 Å². The van der Waals surface area contributed by atoms with Crippen molar-refractivity contribution < 1.29 is 9.47 Å². The predicted molar refractivity (Wildman–Crippen MR) is 98.8 cm³/mol. The highest BCUT2D eigenvalue weighted by Crippen LogP contribution is 2.42. The number of ether oxygens (including phenoxy) is 2. The molecule has 0 spiro atoms. The van der Waals surface area contributed by atoms with E-state index in [1.54, 1.807) is 18.2 Å². The van der Waals surface area contributed by atoms with Crippen LogP contribution in [0.25, 0.3) is 0 Å². The molecule has 3 rings (SSSR count). The van der Waals surface area contributed by atoms with Crippen LogP contribution in [-0.4, -0.2) is 23.4 Å². The Morgan fingerprint density at radius 1 is 1.19 bits per heavy atom. The lowest BCUT2D eigenvalue weighted by Crippen LogP contribution is -2.43. The van der Waals surface area contributed by atoms with Crippen molar-refractivity contribution in [1.29, 1.82) is 5.26 Å². The molecule has 9 nitrogen and oxygen atoms in total. The maximum atomic E-state index is 13.0. The smallest absolute Gasteiger partial charge is 0.332 e. The number of hydrogen-bond acceptors (Lipinski definition) is 7. The highest BCUT2D eigenvalue weighted by molar-refractivity contribution is 5.66. The first-order valence-corrected chi connectivity index (χ1v) is 8.04. The van der Waals surface area contributed by atoms with Crippen LogP contribution in [-0.2, 0) is 14.1 Å². The van der Waals surface area contributed by atoms with Gasteiger partial charge in [-0.25, -0.2) is 4.79 Å². The van der Waals surface area contributed by atoms with Gasteiger partial charge in [-0.05, 0) is 18.2 Å². The summed E-state index contributed by atoms with van der Waals surface area (Å²) >= 11 is 0. The van der Waals surface area contributed by atoms with Crippen molar-refractivity contribution in [3.63, 3.8) is 0 Å². The lowest BCUT2D eigenvalue weighted by Gasteiger charge is -2.29. The Labute approximate surface area is 154 Å². The number of fused-ring (bicyclic) bond motifs is 1. The Bertz CT molecular complexity index is 1120. The van der Waals surface area contributed by atoms with Crippen LogP contribution in [0.3, 0.4) is 0 Å². The van der Waals surface area contributed by atoms with E-state index >= 15 is 0 Å². The van der Waals surface area contributed by atoms with Crippen LogP contribution in [0.4, 0.5) is 5.82 Å².